The van der Waals surface area contributed by atoms with Crippen molar-refractivity contribution in [3.05, 3.63) is 36.0 Å². The Morgan fingerprint density at radius 3 is 2.53 bits per heavy atom. The van der Waals surface area contributed by atoms with Gasteiger partial charge in [-0.1, -0.05) is 32.0 Å². The molecule has 17 heavy (non-hydrogen) atoms. The van der Waals surface area contributed by atoms with Crippen molar-refractivity contribution in [1.29, 1.82) is 0 Å². The van der Waals surface area contributed by atoms with Crippen molar-refractivity contribution in [3.63, 3.8) is 0 Å². The Morgan fingerprint density at radius 1 is 1.18 bits per heavy atom. The fourth-order valence-corrected chi connectivity index (χ4v) is 2.35. The van der Waals surface area contributed by atoms with Gasteiger partial charge in [0.05, 0.1) is 0 Å². The van der Waals surface area contributed by atoms with Gasteiger partial charge >= 0.3 is 0 Å². The summed E-state index contributed by atoms with van der Waals surface area (Å²) in [5.74, 6) is 0.651. The van der Waals surface area contributed by atoms with Crippen molar-refractivity contribution in [3.8, 4) is 0 Å². The highest BCUT2D eigenvalue weighted by Gasteiger charge is 2.10. The van der Waals surface area contributed by atoms with Gasteiger partial charge in [0.15, 0.2) is 0 Å². The molecule has 0 amide bonds. The predicted molar refractivity (Wildman–Crippen MR) is 74.1 cm³/mol. The molecule has 0 radical (unpaired) electrons. The minimum Gasteiger partial charge on any atom is -0.344 e. The van der Waals surface area contributed by atoms with Crippen LogP contribution in [0, 0.1) is 5.92 Å². The summed E-state index contributed by atoms with van der Waals surface area (Å²) in [5.41, 5.74) is 8.62. The van der Waals surface area contributed by atoms with E-state index in [2.05, 4.69) is 55.7 Å². The van der Waals surface area contributed by atoms with Gasteiger partial charge in [0, 0.05) is 30.2 Å². The maximum Gasteiger partial charge on any atom is 0.0482 e. The van der Waals surface area contributed by atoms with Crippen LogP contribution in [0.4, 0.5) is 0 Å². The zero-order valence-corrected chi connectivity index (χ0v) is 11.0. The number of nitrogens with zero attached hydrogens (tertiary/aromatic N) is 1. The lowest BCUT2D eigenvalue weighted by atomic mass is 10.1. The van der Waals surface area contributed by atoms with Crippen LogP contribution in [0.25, 0.3) is 10.9 Å². The molecule has 2 N–H and O–H groups in total. The van der Waals surface area contributed by atoms with Crippen LogP contribution >= 0.6 is 0 Å². The standard InChI is InChI=1S/C15H22N2/c1-11(2)10-17-14(8-12(3)16)9-13-6-4-5-7-15(13)17/h4-7,9,11-12H,8,10,16H2,1-3H3. The smallest absolute Gasteiger partial charge is 0.0482 e. The van der Waals surface area contributed by atoms with Crippen molar-refractivity contribution in [2.24, 2.45) is 11.7 Å². The summed E-state index contributed by atoms with van der Waals surface area (Å²) in [4.78, 5) is 0. The number of hydrogen-bond donors (Lipinski definition) is 1. The summed E-state index contributed by atoms with van der Waals surface area (Å²) in [6.45, 7) is 7.64. The number of rotatable bonds is 4. The van der Waals surface area contributed by atoms with Gasteiger partial charge in [-0.05, 0) is 30.4 Å². The van der Waals surface area contributed by atoms with E-state index in [0.29, 0.717) is 5.92 Å². The quantitative estimate of drug-likeness (QED) is 0.859. The molecule has 2 rings (SSSR count). The van der Waals surface area contributed by atoms with Crippen LogP contribution in [0.15, 0.2) is 30.3 Å². The largest absolute Gasteiger partial charge is 0.344 e. The SMILES string of the molecule is CC(C)Cn1c(CC(C)N)cc2ccccc21. The van der Waals surface area contributed by atoms with Crippen molar-refractivity contribution in [2.75, 3.05) is 0 Å². The molecule has 0 aliphatic carbocycles. The maximum absolute atomic E-state index is 5.93. The van der Waals surface area contributed by atoms with E-state index in [9.17, 15) is 0 Å². The summed E-state index contributed by atoms with van der Waals surface area (Å²) in [6, 6.07) is 11.1. The monoisotopic (exact) mass is 230 g/mol. The van der Waals surface area contributed by atoms with Gasteiger partial charge in [0.2, 0.25) is 0 Å². The van der Waals surface area contributed by atoms with Crippen LogP contribution in [-0.2, 0) is 13.0 Å². The molecule has 2 heteroatoms. The Labute approximate surface area is 103 Å². The van der Waals surface area contributed by atoms with Crippen LogP contribution in [-0.4, -0.2) is 10.6 Å². The Bertz CT molecular complexity index is 495. The third kappa shape index (κ3) is 2.70. The summed E-state index contributed by atoms with van der Waals surface area (Å²) in [7, 11) is 0. The molecule has 0 aliphatic rings. The molecule has 0 aliphatic heterocycles. The summed E-state index contributed by atoms with van der Waals surface area (Å²) < 4.78 is 2.42. The number of aromatic nitrogens is 1. The highest BCUT2D eigenvalue weighted by molar-refractivity contribution is 5.81. The second-order valence-corrected chi connectivity index (χ2v) is 5.38. The van der Waals surface area contributed by atoms with Gasteiger partial charge in [-0.15, -0.1) is 0 Å². The van der Waals surface area contributed by atoms with E-state index in [1.165, 1.54) is 16.6 Å². The van der Waals surface area contributed by atoms with Gasteiger partial charge in [-0.2, -0.15) is 0 Å². The van der Waals surface area contributed by atoms with Crippen LogP contribution in [0.3, 0.4) is 0 Å². The Balaban J connectivity index is 2.48. The average molecular weight is 230 g/mol. The first kappa shape index (κ1) is 12.2. The predicted octanol–water partition coefficient (Wildman–Crippen LogP) is 3.19. The molecule has 1 aromatic heterocycles. The topological polar surface area (TPSA) is 30.9 Å². The highest BCUT2D eigenvalue weighted by Crippen LogP contribution is 2.22. The fraction of sp³-hybridized carbons (Fsp3) is 0.467. The van der Waals surface area contributed by atoms with Crippen LogP contribution in [0.5, 0.6) is 0 Å². The molecule has 0 saturated heterocycles. The van der Waals surface area contributed by atoms with Crippen LogP contribution < -0.4 is 5.73 Å². The first-order valence-electron chi connectivity index (χ1n) is 6.40. The van der Waals surface area contributed by atoms with E-state index < -0.39 is 0 Å². The summed E-state index contributed by atoms with van der Waals surface area (Å²) >= 11 is 0. The molecular weight excluding hydrogens is 208 g/mol. The normalized spacial score (nSPS) is 13.5. The molecule has 92 valence electrons. The molecule has 1 heterocycles. The minimum atomic E-state index is 0.213. The van der Waals surface area contributed by atoms with E-state index in [0.717, 1.165) is 13.0 Å². The molecule has 0 saturated carbocycles. The van der Waals surface area contributed by atoms with Gasteiger partial charge in [0.25, 0.3) is 0 Å². The lowest BCUT2D eigenvalue weighted by molar-refractivity contribution is 0.515. The first-order valence-corrected chi connectivity index (χ1v) is 6.40. The summed E-state index contributed by atoms with van der Waals surface area (Å²) in [6.07, 6.45) is 0.946. The molecule has 1 unspecified atom stereocenters. The molecule has 0 bridgehead atoms. The third-order valence-corrected chi connectivity index (χ3v) is 2.98. The van der Waals surface area contributed by atoms with Crippen molar-refractivity contribution >= 4 is 10.9 Å². The molecule has 1 aromatic carbocycles. The highest BCUT2D eigenvalue weighted by atomic mass is 15.0. The van der Waals surface area contributed by atoms with Crippen LogP contribution in [0.1, 0.15) is 26.5 Å². The number of benzene rings is 1. The third-order valence-electron chi connectivity index (χ3n) is 2.98. The lowest BCUT2D eigenvalue weighted by Gasteiger charge is -2.14. The Kier molecular flexibility index (Phi) is 3.53. The second-order valence-electron chi connectivity index (χ2n) is 5.38. The molecule has 1 atom stereocenters. The first-order chi connectivity index (χ1) is 8.08. The van der Waals surface area contributed by atoms with E-state index in [1.807, 2.05) is 0 Å². The molecule has 2 aromatic rings. The number of hydrogen-bond acceptors (Lipinski definition) is 1. The van der Waals surface area contributed by atoms with Gasteiger partial charge < -0.3 is 10.3 Å². The fourth-order valence-electron chi connectivity index (χ4n) is 2.35. The van der Waals surface area contributed by atoms with Crippen LogP contribution in [0.2, 0.25) is 0 Å². The summed E-state index contributed by atoms with van der Waals surface area (Å²) in [5, 5.41) is 1.32. The van der Waals surface area contributed by atoms with Gasteiger partial charge in [0.1, 0.15) is 0 Å². The van der Waals surface area contributed by atoms with E-state index >= 15 is 0 Å². The zero-order valence-electron chi connectivity index (χ0n) is 11.0. The Morgan fingerprint density at radius 2 is 1.88 bits per heavy atom. The number of fused-ring (bicyclic) bond motifs is 1. The number of nitrogens with two attached hydrogens (primary N) is 1. The van der Waals surface area contributed by atoms with Gasteiger partial charge in [-0.3, -0.25) is 0 Å². The lowest BCUT2D eigenvalue weighted by Crippen LogP contribution is -2.20. The van der Waals surface area contributed by atoms with E-state index in [-0.39, 0.29) is 6.04 Å². The molecule has 2 nitrogen and oxygen atoms in total. The maximum atomic E-state index is 5.93. The molecular formula is C15H22N2. The van der Waals surface area contributed by atoms with Crippen molar-refractivity contribution in [2.45, 2.75) is 39.8 Å². The van der Waals surface area contributed by atoms with Crippen molar-refractivity contribution in [1.82, 2.24) is 4.57 Å². The number of para-hydroxylation sites is 1. The Hall–Kier alpha value is -1.28. The van der Waals surface area contributed by atoms with Crippen molar-refractivity contribution < 1.29 is 0 Å². The average Bonchev–Trinajstić information content (AvgIpc) is 2.55. The molecule has 0 spiro atoms. The minimum absolute atomic E-state index is 0.213. The second kappa shape index (κ2) is 4.92. The zero-order chi connectivity index (χ0) is 12.4. The van der Waals surface area contributed by atoms with Gasteiger partial charge in [-0.25, -0.2) is 0 Å². The van der Waals surface area contributed by atoms with E-state index in [4.69, 9.17) is 5.73 Å². The van der Waals surface area contributed by atoms with E-state index in [1.54, 1.807) is 0 Å². The molecule has 0 fully saturated rings.